The predicted octanol–water partition coefficient (Wildman–Crippen LogP) is 5.65. The van der Waals surface area contributed by atoms with E-state index in [2.05, 4.69) is 70.7 Å². The smallest absolute Gasteiger partial charge is 0.308 e. The monoisotopic (exact) mass is 1180 g/mol. The zero-order chi connectivity index (χ0) is 52.7. The van der Waals surface area contributed by atoms with E-state index in [-0.39, 0.29) is 138 Å². The molecular formula is C57H85IO18. The van der Waals surface area contributed by atoms with Gasteiger partial charge in [-0.25, -0.2) is 0 Å². The van der Waals surface area contributed by atoms with E-state index < -0.39 is 66.2 Å². The van der Waals surface area contributed by atoms with Crippen molar-refractivity contribution >= 4 is 28.6 Å². The number of aliphatic hydroxyl groups excluding tert-OH is 3. The quantitative estimate of drug-likeness (QED) is 0.126. The lowest BCUT2D eigenvalue weighted by molar-refractivity contribution is -0.371. The van der Waals surface area contributed by atoms with Crippen LogP contribution in [-0.2, 0) is 71.1 Å². The third-order valence-corrected chi connectivity index (χ3v) is 21.9. The van der Waals surface area contributed by atoms with Crippen LogP contribution in [0.4, 0.5) is 0 Å². The summed E-state index contributed by atoms with van der Waals surface area (Å²) in [6.07, 6.45) is 0.886. The molecule has 3 spiro atoms. The average molecular weight is 1190 g/mol. The van der Waals surface area contributed by atoms with Crippen LogP contribution in [0.1, 0.15) is 144 Å². The fourth-order valence-corrected chi connectivity index (χ4v) is 17.9. The van der Waals surface area contributed by atoms with Crippen molar-refractivity contribution in [1.82, 2.24) is 0 Å². The molecule has 13 heterocycles. The summed E-state index contributed by atoms with van der Waals surface area (Å²) in [4.78, 5) is 14.5. The van der Waals surface area contributed by atoms with Gasteiger partial charge in [-0.15, -0.1) is 0 Å². The van der Waals surface area contributed by atoms with Crippen LogP contribution in [0.2, 0.25) is 0 Å². The third-order valence-electron chi connectivity index (χ3n) is 20.5. The number of aliphatic hydroxyl groups is 3. The molecule has 3 N–H and O–H groups in total. The zero-order valence-electron chi connectivity index (χ0n) is 45.2. The van der Waals surface area contributed by atoms with Gasteiger partial charge >= 0.3 is 5.97 Å². The molecule has 0 amide bonds. The molecule has 3 unspecified atom stereocenters. The van der Waals surface area contributed by atoms with Gasteiger partial charge in [0, 0.05) is 63.7 Å². The van der Waals surface area contributed by atoms with Gasteiger partial charge in [-0.1, -0.05) is 56.9 Å². The second kappa shape index (κ2) is 20.9. The first-order valence-electron chi connectivity index (χ1n) is 29.5. The highest BCUT2D eigenvalue weighted by molar-refractivity contribution is 14.1. The van der Waals surface area contributed by atoms with E-state index in [1.807, 2.05) is 0 Å². The lowest BCUT2D eigenvalue weighted by Crippen LogP contribution is -2.63. The van der Waals surface area contributed by atoms with Gasteiger partial charge in [0.2, 0.25) is 0 Å². The lowest BCUT2D eigenvalue weighted by Gasteiger charge is -2.54. The van der Waals surface area contributed by atoms with E-state index in [4.69, 9.17) is 66.3 Å². The maximum absolute atomic E-state index is 14.5. The Hall–Kier alpha value is -0.700. The Bertz CT molecular complexity index is 2140. The summed E-state index contributed by atoms with van der Waals surface area (Å²) in [7, 11) is 0. The number of hydrogen-bond acceptors (Lipinski definition) is 18. The van der Waals surface area contributed by atoms with E-state index in [0.29, 0.717) is 77.0 Å². The van der Waals surface area contributed by atoms with Gasteiger partial charge in [-0.2, -0.15) is 0 Å². The summed E-state index contributed by atoms with van der Waals surface area (Å²) in [5.41, 5.74) is 1.03. The van der Waals surface area contributed by atoms with Crippen LogP contribution in [-0.4, -0.2) is 190 Å². The van der Waals surface area contributed by atoms with Gasteiger partial charge in [-0.3, -0.25) is 4.79 Å². The lowest BCUT2D eigenvalue weighted by atomic mass is 9.78. The predicted molar refractivity (Wildman–Crippen MR) is 276 cm³/mol. The maximum atomic E-state index is 14.5. The topological polar surface area (TPSA) is 207 Å². The molecule has 13 rings (SSSR count). The van der Waals surface area contributed by atoms with E-state index >= 15 is 0 Å². The average Bonchev–Trinajstić information content (AvgIpc) is 4.23. The van der Waals surface area contributed by atoms with Gasteiger partial charge in [0.1, 0.15) is 36.6 Å². The van der Waals surface area contributed by atoms with E-state index in [1.165, 1.54) is 0 Å². The largest absolute Gasteiger partial charge is 0.459 e. The number of rotatable bonds is 1. The van der Waals surface area contributed by atoms with Crippen molar-refractivity contribution in [2.24, 2.45) is 23.7 Å². The number of hydrogen-bond donors (Lipinski definition) is 3. The van der Waals surface area contributed by atoms with E-state index in [9.17, 15) is 20.1 Å². The first-order valence-corrected chi connectivity index (χ1v) is 30.7. The minimum Gasteiger partial charge on any atom is -0.459 e. The van der Waals surface area contributed by atoms with Gasteiger partial charge in [0.15, 0.2) is 17.4 Å². The first kappa shape index (κ1) is 54.5. The number of carbonyl (C=O) groups is 1. The number of halogens is 1. The standard InChI is InChI=1S/C57H85IO18/c1-25-14-32-9-8-28(4)63-29(5)12-13-55-21-35(61)51(75-55)53-46(58)54(76-55)52-36(67-53)11-10-33(65-52)15-45(62)70-50-31(7)49-40(66-39(50)17-37(64-32)30(25)6)18-38-42(68-49)22-57(71-38)23-43-48(74-57)27(3)20-56(73-43)19-26(2)47-41(72-56)16-34(60)44(24-59)69-47/h25-29,31-44,46-54,59-61H,6,8-24H2,1-5,7H3/t25-,26+,27+,28-,29-,31+,32+,33-,34-,35-,36+,37-,38-,39+,40+,41+,42-,43+,44-,46?,47+,48+,49+,50-,51?,52+,53-,54?,55+,56-,57+/m1/s1. The second-order valence-corrected chi connectivity index (χ2v) is 27.6. The van der Waals surface area contributed by atoms with Gasteiger partial charge < -0.3 is 81.6 Å². The molecule has 0 saturated carbocycles. The Labute approximate surface area is 461 Å². The summed E-state index contributed by atoms with van der Waals surface area (Å²) in [5.74, 6) is -2.93. The van der Waals surface area contributed by atoms with Crippen molar-refractivity contribution in [2.45, 2.75) is 306 Å². The fourth-order valence-electron chi connectivity index (χ4n) is 16.7. The number of alkyl halides is 1. The van der Waals surface area contributed by atoms with E-state index in [1.54, 1.807) is 0 Å². The molecule has 428 valence electrons. The molecule has 0 aromatic carbocycles. The molecular weight excluding hydrogens is 1100 g/mol. The van der Waals surface area contributed by atoms with Crippen LogP contribution < -0.4 is 0 Å². The van der Waals surface area contributed by atoms with Crippen LogP contribution in [0.25, 0.3) is 0 Å². The second-order valence-electron chi connectivity index (χ2n) is 26.2. The van der Waals surface area contributed by atoms with Crippen molar-refractivity contribution in [2.75, 3.05) is 6.61 Å². The molecule has 0 aromatic heterocycles. The maximum Gasteiger partial charge on any atom is 0.308 e. The van der Waals surface area contributed by atoms with Crippen LogP contribution in [0.5, 0.6) is 0 Å². The number of ether oxygens (including phenoxy) is 14. The van der Waals surface area contributed by atoms with Crippen LogP contribution >= 0.6 is 22.6 Å². The van der Waals surface area contributed by atoms with Gasteiger partial charge in [0.05, 0.1) is 121 Å². The summed E-state index contributed by atoms with van der Waals surface area (Å²) in [6, 6.07) is 0. The molecule has 31 atom stereocenters. The summed E-state index contributed by atoms with van der Waals surface area (Å²) < 4.78 is 95.8. The van der Waals surface area contributed by atoms with Crippen molar-refractivity contribution < 1.29 is 86.4 Å². The Morgan fingerprint density at radius 1 is 0.526 bits per heavy atom. The van der Waals surface area contributed by atoms with Crippen LogP contribution in [0.3, 0.4) is 0 Å². The molecule has 13 fully saturated rings. The molecule has 18 nitrogen and oxygen atoms in total. The molecule has 76 heavy (non-hydrogen) atoms. The molecule has 0 aliphatic carbocycles. The molecule has 13 aliphatic heterocycles. The zero-order valence-corrected chi connectivity index (χ0v) is 47.4. The highest BCUT2D eigenvalue weighted by Gasteiger charge is 2.66. The summed E-state index contributed by atoms with van der Waals surface area (Å²) in [6.45, 7) is 17.3. The van der Waals surface area contributed by atoms with E-state index in [0.717, 1.165) is 24.8 Å². The molecule has 19 heteroatoms. The molecule has 13 aliphatic rings. The SMILES string of the molecule is C=C1[C@H](C)C[C@@H]2CC[C@@H](C)O[C@H](C)CC[C@]34C[C@@H](O)C(O3)[C@@H]3O[C@H]5CC[C@H](CC(=O)O[C@@H]6[C@@H](C)[C@@H]7O[C@@H]8C[C@]9(C[C@@H]%10O[C@]%11(C[C@H](C)[C@@H]%12O[C@H](CO)[C@H](O)C[C@@H]%12O%11)C[C@H](C)[C@@H]%10O9)O[C@@H]8C[C@@H]7O[C@H]6C[C@H]1O2)O[C@@H]5C(O4)C3I. The van der Waals surface area contributed by atoms with Crippen LogP contribution in [0.15, 0.2) is 12.2 Å². The van der Waals surface area contributed by atoms with Crippen molar-refractivity contribution in [3.05, 3.63) is 12.2 Å². The van der Waals surface area contributed by atoms with Crippen molar-refractivity contribution in [3.8, 4) is 0 Å². The van der Waals surface area contributed by atoms with Gasteiger partial charge in [-0.05, 0) is 75.7 Å². The normalized spacial score (nSPS) is 58.3. The molecule has 8 bridgehead atoms. The highest BCUT2D eigenvalue weighted by Crippen LogP contribution is 2.56. The Balaban J connectivity index is 0.727. The highest BCUT2D eigenvalue weighted by atomic mass is 127. The van der Waals surface area contributed by atoms with Crippen molar-refractivity contribution in [1.29, 1.82) is 0 Å². The number of fused-ring (bicyclic) bond motifs is 11. The number of esters is 1. The first-order chi connectivity index (χ1) is 36.4. The van der Waals surface area contributed by atoms with Crippen LogP contribution in [0, 0.1) is 23.7 Å². The number of carbonyl (C=O) groups excluding carboxylic acids is 1. The van der Waals surface area contributed by atoms with Crippen molar-refractivity contribution in [3.63, 3.8) is 0 Å². The molecule has 13 saturated heterocycles. The molecule has 0 aromatic rings. The Morgan fingerprint density at radius 2 is 1.21 bits per heavy atom. The minimum absolute atomic E-state index is 0.0107. The van der Waals surface area contributed by atoms with Gasteiger partial charge in [0.25, 0.3) is 0 Å². The third kappa shape index (κ3) is 9.94. The molecule has 0 radical (unpaired) electrons. The fraction of sp³-hybridized carbons (Fsp3) is 0.947. The summed E-state index contributed by atoms with van der Waals surface area (Å²) in [5, 5.41) is 32.0. The Kier molecular flexibility index (Phi) is 15.0. The minimum atomic E-state index is -1.00. The Morgan fingerprint density at radius 3 is 2.03 bits per heavy atom. The summed E-state index contributed by atoms with van der Waals surface area (Å²) >= 11 is 2.39.